The molecule has 1 aliphatic rings. The molecule has 0 aliphatic heterocycles. The maximum Gasteiger partial charge on any atom is 0.115 e. The Morgan fingerprint density at radius 3 is 2.93 bits per heavy atom. The molecule has 1 atom stereocenters. The maximum absolute atomic E-state index is 9.51. The number of nitrogens with one attached hydrogen (secondary N) is 1. The minimum Gasteiger partial charge on any atom is -0.508 e. The quantitative estimate of drug-likeness (QED) is 0.778. The number of aromatic hydroxyl groups is 1. The highest BCUT2D eigenvalue weighted by Crippen LogP contribution is 2.32. The highest BCUT2D eigenvalue weighted by molar-refractivity contribution is 5.38. The number of rotatable bonds is 2. The van der Waals surface area contributed by atoms with Crippen LogP contribution in [-0.4, -0.2) is 11.1 Å². The molecule has 1 aromatic carbocycles. The third-order valence-electron chi connectivity index (χ3n) is 2.98. The van der Waals surface area contributed by atoms with E-state index < -0.39 is 0 Å². The first-order valence-electron chi connectivity index (χ1n) is 5.74. The largest absolute Gasteiger partial charge is 0.508 e. The molecule has 0 radical (unpaired) electrons. The molecule has 2 heteroatoms. The highest BCUT2D eigenvalue weighted by atomic mass is 16.3. The lowest BCUT2D eigenvalue weighted by atomic mass is 9.87. The number of phenols is 1. The SMILES string of the molecule is CC(C)NC1CCCc2ccc(O)cc21. The van der Waals surface area contributed by atoms with Crippen molar-refractivity contribution in [2.24, 2.45) is 0 Å². The molecule has 1 aliphatic carbocycles. The smallest absolute Gasteiger partial charge is 0.115 e. The third-order valence-corrected chi connectivity index (χ3v) is 2.98. The van der Waals surface area contributed by atoms with Crippen LogP contribution in [0.5, 0.6) is 5.75 Å². The number of phenolic OH excluding ortho intramolecular Hbond substituents is 1. The van der Waals surface area contributed by atoms with Crippen LogP contribution in [0, 0.1) is 0 Å². The first-order chi connectivity index (χ1) is 7.16. The summed E-state index contributed by atoms with van der Waals surface area (Å²) >= 11 is 0. The lowest BCUT2D eigenvalue weighted by Crippen LogP contribution is -2.30. The van der Waals surface area contributed by atoms with Crippen molar-refractivity contribution >= 4 is 0 Å². The van der Waals surface area contributed by atoms with Crippen molar-refractivity contribution in [1.82, 2.24) is 5.32 Å². The molecule has 1 aromatic rings. The second-order valence-corrected chi connectivity index (χ2v) is 4.65. The zero-order valence-electron chi connectivity index (χ0n) is 9.46. The van der Waals surface area contributed by atoms with Gasteiger partial charge in [-0.15, -0.1) is 0 Å². The Bertz CT molecular complexity index is 346. The first-order valence-corrected chi connectivity index (χ1v) is 5.74. The minimum atomic E-state index is 0.381. The second-order valence-electron chi connectivity index (χ2n) is 4.65. The molecule has 15 heavy (non-hydrogen) atoms. The lowest BCUT2D eigenvalue weighted by Gasteiger charge is -2.28. The predicted octanol–water partition coefficient (Wildman–Crippen LogP) is 2.77. The molecule has 0 saturated heterocycles. The molecule has 82 valence electrons. The van der Waals surface area contributed by atoms with Crippen molar-refractivity contribution in [3.63, 3.8) is 0 Å². The summed E-state index contributed by atoms with van der Waals surface area (Å²) in [6, 6.07) is 6.66. The predicted molar refractivity (Wildman–Crippen MR) is 62.1 cm³/mol. The van der Waals surface area contributed by atoms with Gasteiger partial charge in [0.2, 0.25) is 0 Å². The molecule has 2 rings (SSSR count). The van der Waals surface area contributed by atoms with Gasteiger partial charge in [-0.3, -0.25) is 0 Å². The highest BCUT2D eigenvalue weighted by Gasteiger charge is 2.20. The topological polar surface area (TPSA) is 32.3 Å². The van der Waals surface area contributed by atoms with E-state index in [1.165, 1.54) is 24.0 Å². The van der Waals surface area contributed by atoms with E-state index in [2.05, 4.69) is 25.2 Å². The molecule has 2 nitrogen and oxygen atoms in total. The van der Waals surface area contributed by atoms with E-state index in [1.807, 2.05) is 6.07 Å². The fourth-order valence-corrected chi connectivity index (χ4v) is 2.36. The summed E-state index contributed by atoms with van der Waals surface area (Å²) in [4.78, 5) is 0. The summed E-state index contributed by atoms with van der Waals surface area (Å²) in [6.45, 7) is 4.33. The van der Waals surface area contributed by atoms with E-state index in [-0.39, 0.29) is 0 Å². The zero-order valence-corrected chi connectivity index (χ0v) is 9.46. The summed E-state index contributed by atoms with van der Waals surface area (Å²) in [5, 5.41) is 13.1. The summed E-state index contributed by atoms with van der Waals surface area (Å²) in [7, 11) is 0. The van der Waals surface area contributed by atoms with Crippen LogP contribution in [0.15, 0.2) is 18.2 Å². The van der Waals surface area contributed by atoms with Crippen LogP contribution in [0.25, 0.3) is 0 Å². The van der Waals surface area contributed by atoms with Crippen LogP contribution in [0.4, 0.5) is 0 Å². The number of fused-ring (bicyclic) bond motifs is 1. The van der Waals surface area contributed by atoms with Crippen LogP contribution in [0.1, 0.15) is 43.9 Å². The summed E-state index contributed by atoms with van der Waals surface area (Å²) in [5.74, 6) is 0.381. The fraction of sp³-hybridized carbons (Fsp3) is 0.538. The maximum atomic E-state index is 9.51. The van der Waals surface area contributed by atoms with Crippen molar-refractivity contribution in [2.75, 3.05) is 0 Å². The van der Waals surface area contributed by atoms with Gasteiger partial charge in [-0.25, -0.2) is 0 Å². The van der Waals surface area contributed by atoms with Gasteiger partial charge >= 0.3 is 0 Å². The second kappa shape index (κ2) is 4.23. The van der Waals surface area contributed by atoms with Crippen molar-refractivity contribution in [3.8, 4) is 5.75 Å². The molecule has 0 amide bonds. The van der Waals surface area contributed by atoms with Crippen LogP contribution >= 0.6 is 0 Å². The Kier molecular flexibility index (Phi) is 2.96. The molecule has 0 spiro atoms. The molecule has 0 fully saturated rings. The number of hydrogen-bond acceptors (Lipinski definition) is 2. The monoisotopic (exact) mass is 205 g/mol. The Morgan fingerprint density at radius 1 is 1.40 bits per heavy atom. The number of aryl methyl sites for hydroxylation is 1. The lowest BCUT2D eigenvalue weighted by molar-refractivity contribution is 0.417. The minimum absolute atomic E-state index is 0.381. The van der Waals surface area contributed by atoms with E-state index in [0.29, 0.717) is 17.8 Å². The van der Waals surface area contributed by atoms with Gasteiger partial charge in [0.25, 0.3) is 0 Å². The van der Waals surface area contributed by atoms with Gasteiger partial charge < -0.3 is 10.4 Å². The standard InChI is InChI=1S/C13H19NO/c1-9(2)14-13-5-3-4-10-6-7-11(15)8-12(10)13/h6-9,13-15H,3-5H2,1-2H3. The molecule has 0 heterocycles. The van der Waals surface area contributed by atoms with Crippen molar-refractivity contribution in [3.05, 3.63) is 29.3 Å². The van der Waals surface area contributed by atoms with Crippen molar-refractivity contribution in [1.29, 1.82) is 0 Å². The summed E-state index contributed by atoms with van der Waals surface area (Å²) in [5.41, 5.74) is 2.67. The van der Waals surface area contributed by atoms with Gasteiger partial charge in [0.15, 0.2) is 0 Å². The van der Waals surface area contributed by atoms with Gasteiger partial charge in [0.05, 0.1) is 0 Å². The van der Waals surface area contributed by atoms with Crippen LogP contribution < -0.4 is 5.32 Å². The molecule has 1 unspecified atom stereocenters. The van der Waals surface area contributed by atoms with Gasteiger partial charge in [0.1, 0.15) is 5.75 Å². The number of hydrogen-bond donors (Lipinski definition) is 2. The third kappa shape index (κ3) is 2.32. The molecular weight excluding hydrogens is 186 g/mol. The summed E-state index contributed by atoms with van der Waals surface area (Å²) < 4.78 is 0. The van der Waals surface area contributed by atoms with Crippen LogP contribution in [0.2, 0.25) is 0 Å². The Hall–Kier alpha value is -1.02. The number of benzene rings is 1. The molecule has 0 aromatic heterocycles. The van der Waals surface area contributed by atoms with Gasteiger partial charge in [-0.1, -0.05) is 19.9 Å². The van der Waals surface area contributed by atoms with Gasteiger partial charge in [-0.2, -0.15) is 0 Å². The molecule has 2 N–H and O–H groups in total. The normalized spacial score (nSPS) is 20.3. The van der Waals surface area contributed by atoms with Crippen LogP contribution in [-0.2, 0) is 6.42 Å². The first kappa shape index (κ1) is 10.5. The van der Waals surface area contributed by atoms with E-state index in [9.17, 15) is 5.11 Å². The zero-order chi connectivity index (χ0) is 10.8. The van der Waals surface area contributed by atoms with E-state index in [1.54, 1.807) is 6.07 Å². The summed E-state index contributed by atoms with van der Waals surface area (Å²) in [6.07, 6.45) is 3.56. The van der Waals surface area contributed by atoms with Gasteiger partial charge in [0, 0.05) is 12.1 Å². The van der Waals surface area contributed by atoms with E-state index >= 15 is 0 Å². The van der Waals surface area contributed by atoms with Crippen LogP contribution in [0.3, 0.4) is 0 Å². The average molecular weight is 205 g/mol. The fourth-order valence-electron chi connectivity index (χ4n) is 2.36. The van der Waals surface area contributed by atoms with E-state index in [0.717, 1.165) is 6.42 Å². The van der Waals surface area contributed by atoms with E-state index in [4.69, 9.17) is 0 Å². The van der Waals surface area contributed by atoms with Gasteiger partial charge in [-0.05, 0) is 42.5 Å². The Labute approximate surface area is 91.3 Å². The Balaban J connectivity index is 2.28. The molecule has 0 saturated carbocycles. The Morgan fingerprint density at radius 2 is 2.20 bits per heavy atom. The van der Waals surface area contributed by atoms with Crippen molar-refractivity contribution < 1.29 is 5.11 Å². The van der Waals surface area contributed by atoms with Crippen molar-refractivity contribution in [2.45, 2.75) is 45.2 Å². The average Bonchev–Trinajstić information content (AvgIpc) is 2.18. The molecule has 0 bridgehead atoms. The molecular formula is C13H19NO.